The Balaban J connectivity index is 0.000000861. The van der Waals surface area contributed by atoms with E-state index in [2.05, 4.69) is 13.8 Å². The molecular weight excluding hydrogens is 234 g/mol. The Bertz CT molecular complexity index is 372. The van der Waals surface area contributed by atoms with E-state index in [9.17, 15) is 4.79 Å². The van der Waals surface area contributed by atoms with Crippen molar-refractivity contribution < 1.29 is 4.79 Å². The molecular formula is C17H27NO. The molecule has 0 aliphatic carbocycles. The minimum atomic E-state index is 0.191. The van der Waals surface area contributed by atoms with Gasteiger partial charge in [-0.3, -0.25) is 4.79 Å². The van der Waals surface area contributed by atoms with Gasteiger partial charge in [-0.2, -0.15) is 0 Å². The molecule has 19 heavy (non-hydrogen) atoms. The Morgan fingerprint density at radius 3 is 2.42 bits per heavy atom. The van der Waals surface area contributed by atoms with Crippen LogP contribution >= 0.6 is 0 Å². The van der Waals surface area contributed by atoms with Crippen LogP contribution in [-0.4, -0.2) is 23.9 Å². The van der Waals surface area contributed by atoms with E-state index in [4.69, 9.17) is 0 Å². The van der Waals surface area contributed by atoms with Gasteiger partial charge in [0.15, 0.2) is 0 Å². The van der Waals surface area contributed by atoms with Crippen LogP contribution in [0.2, 0.25) is 0 Å². The van der Waals surface area contributed by atoms with Crippen molar-refractivity contribution in [1.82, 2.24) is 4.90 Å². The summed E-state index contributed by atoms with van der Waals surface area (Å²) in [5.41, 5.74) is 0.817. The van der Waals surface area contributed by atoms with Gasteiger partial charge in [0.1, 0.15) is 0 Å². The number of rotatable bonds is 2. The molecule has 1 fully saturated rings. The van der Waals surface area contributed by atoms with E-state index in [1.165, 1.54) is 6.42 Å². The number of hydrogen-bond donors (Lipinski definition) is 0. The van der Waals surface area contributed by atoms with E-state index in [1.54, 1.807) is 0 Å². The predicted molar refractivity (Wildman–Crippen MR) is 81.3 cm³/mol. The molecule has 1 atom stereocenters. The van der Waals surface area contributed by atoms with Crippen LogP contribution in [0.3, 0.4) is 0 Å². The highest BCUT2D eigenvalue weighted by Crippen LogP contribution is 2.24. The number of carbonyl (C=O) groups excluding carboxylic acids is 1. The number of nitrogens with zero attached hydrogens (tertiary/aromatic N) is 1. The topological polar surface area (TPSA) is 20.3 Å². The Labute approximate surface area is 117 Å². The van der Waals surface area contributed by atoms with Gasteiger partial charge in [-0.05, 0) is 36.8 Å². The van der Waals surface area contributed by atoms with Crippen molar-refractivity contribution >= 4 is 5.91 Å². The molecule has 2 rings (SSSR count). The molecule has 1 amide bonds. The Morgan fingerprint density at radius 1 is 1.21 bits per heavy atom. The van der Waals surface area contributed by atoms with Gasteiger partial charge in [-0.25, -0.2) is 0 Å². The van der Waals surface area contributed by atoms with Gasteiger partial charge >= 0.3 is 0 Å². The van der Waals surface area contributed by atoms with E-state index < -0.39 is 0 Å². The van der Waals surface area contributed by atoms with Gasteiger partial charge < -0.3 is 4.90 Å². The first-order chi connectivity index (χ1) is 9.18. The molecule has 1 aliphatic rings. The standard InChI is InChI=1S/C15H21NO.C2H6/c1-12(2)14-9-6-10-16(11-14)15(17)13-7-4-3-5-8-13;1-2/h3-5,7-8,12,14H,6,9-11H2,1-2H3;1-2H3/t14-;/m1./s1. The maximum Gasteiger partial charge on any atom is 0.253 e. The van der Waals surface area contributed by atoms with Crippen LogP contribution in [0, 0.1) is 11.8 Å². The minimum Gasteiger partial charge on any atom is -0.338 e. The molecule has 2 heteroatoms. The second-order valence-electron chi connectivity index (χ2n) is 5.26. The van der Waals surface area contributed by atoms with E-state index in [0.717, 1.165) is 25.1 Å². The Hall–Kier alpha value is -1.31. The van der Waals surface area contributed by atoms with Gasteiger partial charge in [0.05, 0.1) is 0 Å². The molecule has 1 heterocycles. The van der Waals surface area contributed by atoms with Crippen molar-refractivity contribution in [3.8, 4) is 0 Å². The second kappa shape index (κ2) is 7.98. The lowest BCUT2D eigenvalue weighted by atomic mass is 9.87. The van der Waals surface area contributed by atoms with Crippen LogP contribution in [-0.2, 0) is 0 Å². The SMILES string of the molecule is CC.CC(C)[C@@H]1CCCN(C(=O)c2ccccc2)C1. The third-order valence-electron chi connectivity index (χ3n) is 3.71. The number of amides is 1. The van der Waals surface area contributed by atoms with Crippen LogP contribution in [0.5, 0.6) is 0 Å². The molecule has 0 saturated carbocycles. The molecule has 0 N–H and O–H groups in total. The molecule has 0 aromatic heterocycles. The van der Waals surface area contributed by atoms with Crippen molar-refractivity contribution in [2.45, 2.75) is 40.5 Å². The van der Waals surface area contributed by atoms with Crippen molar-refractivity contribution in [3.63, 3.8) is 0 Å². The first-order valence-corrected chi connectivity index (χ1v) is 7.53. The molecule has 1 aromatic carbocycles. The molecule has 1 aliphatic heterocycles. The molecule has 1 saturated heterocycles. The zero-order valence-corrected chi connectivity index (χ0v) is 12.7. The highest BCUT2D eigenvalue weighted by molar-refractivity contribution is 5.94. The van der Waals surface area contributed by atoms with Crippen LogP contribution in [0.25, 0.3) is 0 Å². The summed E-state index contributed by atoms with van der Waals surface area (Å²) in [6, 6.07) is 9.61. The fourth-order valence-electron chi connectivity index (χ4n) is 2.50. The fraction of sp³-hybridized carbons (Fsp3) is 0.588. The number of hydrogen-bond acceptors (Lipinski definition) is 1. The summed E-state index contributed by atoms with van der Waals surface area (Å²) in [6.07, 6.45) is 2.40. The summed E-state index contributed by atoms with van der Waals surface area (Å²) >= 11 is 0. The molecule has 106 valence electrons. The van der Waals surface area contributed by atoms with Crippen molar-refractivity contribution in [1.29, 1.82) is 0 Å². The Kier molecular flexibility index (Phi) is 6.61. The largest absolute Gasteiger partial charge is 0.338 e. The predicted octanol–water partition coefficient (Wildman–Crippen LogP) is 4.22. The van der Waals surface area contributed by atoms with Crippen LogP contribution in [0.4, 0.5) is 0 Å². The van der Waals surface area contributed by atoms with Gasteiger partial charge in [-0.1, -0.05) is 45.9 Å². The monoisotopic (exact) mass is 261 g/mol. The summed E-state index contributed by atoms with van der Waals surface area (Å²) in [6.45, 7) is 10.3. The van der Waals surface area contributed by atoms with Crippen LogP contribution in [0.15, 0.2) is 30.3 Å². The fourth-order valence-corrected chi connectivity index (χ4v) is 2.50. The normalized spacial score (nSPS) is 18.8. The maximum atomic E-state index is 12.3. The van der Waals surface area contributed by atoms with Gasteiger partial charge in [0.2, 0.25) is 0 Å². The number of likely N-dealkylation sites (tertiary alicyclic amines) is 1. The summed E-state index contributed by atoms with van der Waals surface area (Å²) in [5.74, 6) is 1.52. The third-order valence-corrected chi connectivity index (χ3v) is 3.71. The highest BCUT2D eigenvalue weighted by atomic mass is 16.2. The average Bonchev–Trinajstić information content (AvgIpc) is 2.49. The van der Waals surface area contributed by atoms with Gasteiger partial charge in [0.25, 0.3) is 5.91 Å². The average molecular weight is 261 g/mol. The lowest BCUT2D eigenvalue weighted by Crippen LogP contribution is -2.41. The van der Waals surface area contributed by atoms with Crippen molar-refractivity contribution in [2.24, 2.45) is 11.8 Å². The quantitative estimate of drug-likeness (QED) is 0.780. The molecule has 0 spiro atoms. The summed E-state index contributed by atoms with van der Waals surface area (Å²) in [7, 11) is 0. The summed E-state index contributed by atoms with van der Waals surface area (Å²) in [4.78, 5) is 14.3. The molecule has 0 unspecified atom stereocenters. The number of benzene rings is 1. The third kappa shape index (κ3) is 4.38. The van der Waals surface area contributed by atoms with Crippen LogP contribution in [0.1, 0.15) is 50.9 Å². The summed E-state index contributed by atoms with van der Waals surface area (Å²) in [5, 5.41) is 0. The maximum absolute atomic E-state index is 12.3. The van der Waals surface area contributed by atoms with E-state index >= 15 is 0 Å². The number of piperidine rings is 1. The summed E-state index contributed by atoms with van der Waals surface area (Å²) < 4.78 is 0. The smallest absolute Gasteiger partial charge is 0.253 e. The van der Waals surface area contributed by atoms with Crippen molar-refractivity contribution in [2.75, 3.05) is 13.1 Å². The first-order valence-electron chi connectivity index (χ1n) is 7.53. The lowest BCUT2D eigenvalue weighted by Gasteiger charge is -2.34. The zero-order valence-electron chi connectivity index (χ0n) is 12.7. The number of carbonyl (C=O) groups is 1. The van der Waals surface area contributed by atoms with E-state index in [1.807, 2.05) is 49.1 Å². The van der Waals surface area contributed by atoms with E-state index in [-0.39, 0.29) is 5.91 Å². The molecule has 1 aromatic rings. The van der Waals surface area contributed by atoms with Gasteiger partial charge in [0, 0.05) is 18.7 Å². The first kappa shape index (κ1) is 15.7. The lowest BCUT2D eigenvalue weighted by molar-refractivity contribution is 0.0641. The molecule has 0 bridgehead atoms. The highest BCUT2D eigenvalue weighted by Gasteiger charge is 2.25. The minimum absolute atomic E-state index is 0.191. The second-order valence-corrected chi connectivity index (χ2v) is 5.26. The Morgan fingerprint density at radius 2 is 1.84 bits per heavy atom. The van der Waals surface area contributed by atoms with E-state index in [0.29, 0.717) is 11.8 Å². The zero-order chi connectivity index (χ0) is 14.3. The van der Waals surface area contributed by atoms with Gasteiger partial charge in [-0.15, -0.1) is 0 Å². The molecule has 2 nitrogen and oxygen atoms in total. The van der Waals surface area contributed by atoms with Crippen molar-refractivity contribution in [3.05, 3.63) is 35.9 Å². The van der Waals surface area contributed by atoms with Crippen LogP contribution < -0.4 is 0 Å². The molecule has 0 radical (unpaired) electrons.